The van der Waals surface area contributed by atoms with E-state index in [9.17, 15) is 8.78 Å². The Morgan fingerprint density at radius 1 is 0.840 bits per heavy atom. The largest absolute Gasteiger partial charge is 0.205 e. The van der Waals surface area contributed by atoms with Gasteiger partial charge in [-0.15, -0.1) is 0 Å². The van der Waals surface area contributed by atoms with Crippen molar-refractivity contribution in [2.24, 2.45) is 0 Å². The zero-order valence-electron chi connectivity index (χ0n) is 13.6. The van der Waals surface area contributed by atoms with E-state index in [1.807, 2.05) is 12.1 Å². The van der Waals surface area contributed by atoms with E-state index in [1.165, 1.54) is 0 Å². The molecule has 2 aromatic rings. The molecule has 1 nitrogen and oxygen atoms in total. The van der Waals surface area contributed by atoms with Crippen LogP contribution in [0.1, 0.15) is 42.0 Å². The zero-order valence-corrected chi connectivity index (χ0v) is 13.6. The fourth-order valence-corrected chi connectivity index (χ4v) is 1.93. The molecule has 0 saturated carbocycles. The van der Waals surface area contributed by atoms with Gasteiger partial charge < -0.3 is 0 Å². The van der Waals surface area contributed by atoms with Crippen molar-refractivity contribution in [1.29, 1.82) is 5.26 Å². The predicted molar refractivity (Wildman–Crippen MR) is 93.1 cm³/mol. The van der Waals surface area contributed by atoms with E-state index >= 15 is 0 Å². The van der Waals surface area contributed by atoms with Gasteiger partial charge in [-0.1, -0.05) is 36.5 Å². The second-order valence-electron chi connectivity index (χ2n) is 5.06. The molecule has 25 heavy (non-hydrogen) atoms. The van der Waals surface area contributed by atoms with E-state index in [2.05, 4.69) is 42.4 Å². The Bertz CT molecular complexity index is 969. The Morgan fingerprint density at radius 2 is 1.44 bits per heavy atom. The van der Waals surface area contributed by atoms with Crippen LogP contribution < -0.4 is 0 Å². The van der Waals surface area contributed by atoms with E-state index in [1.54, 1.807) is 18.2 Å². The lowest BCUT2D eigenvalue weighted by Crippen LogP contribution is -1.92. The van der Waals surface area contributed by atoms with Gasteiger partial charge in [-0.05, 0) is 42.8 Å². The van der Waals surface area contributed by atoms with Crippen LogP contribution in [0.25, 0.3) is 0 Å². The molecule has 0 heterocycles. The Kier molecular flexibility index (Phi) is 6.37. The number of unbranched alkanes of at least 4 members (excludes halogenated alkanes) is 1. The molecule has 0 aliphatic carbocycles. The van der Waals surface area contributed by atoms with Crippen molar-refractivity contribution in [3.8, 4) is 41.6 Å². The molecule has 0 atom stereocenters. The summed E-state index contributed by atoms with van der Waals surface area (Å²) in [6, 6.07) is 10.9. The monoisotopic (exact) mass is 329 g/mol. The summed E-state index contributed by atoms with van der Waals surface area (Å²) in [6.07, 6.45) is 1.85. The van der Waals surface area contributed by atoms with Crippen LogP contribution in [-0.2, 0) is 0 Å². The van der Waals surface area contributed by atoms with Gasteiger partial charge in [0.15, 0.2) is 6.07 Å². The van der Waals surface area contributed by atoms with Crippen LogP contribution in [0.2, 0.25) is 0 Å². The van der Waals surface area contributed by atoms with Crippen molar-refractivity contribution in [2.75, 3.05) is 0 Å². The van der Waals surface area contributed by atoms with Crippen molar-refractivity contribution in [2.45, 2.75) is 19.8 Å². The topological polar surface area (TPSA) is 23.8 Å². The van der Waals surface area contributed by atoms with Crippen LogP contribution >= 0.6 is 0 Å². The second kappa shape index (κ2) is 8.93. The lowest BCUT2D eigenvalue weighted by molar-refractivity contribution is 0.577. The number of halogens is 2. The molecule has 0 aliphatic rings. The Morgan fingerprint density at radius 3 is 2.00 bits per heavy atom. The van der Waals surface area contributed by atoms with Gasteiger partial charge in [0, 0.05) is 29.0 Å². The first-order chi connectivity index (χ1) is 12.1. The standard InChI is InChI=1S/C22H13F2N/c1-2-3-4-6-17-8-10-18(11-9-17)12-13-20-21(23)15-19(7-5-14-25)16-22(20)24/h8-11,15-16H,2-3H2,1H3. The smallest absolute Gasteiger partial charge is 0.152 e. The van der Waals surface area contributed by atoms with Crippen molar-refractivity contribution < 1.29 is 8.78 Å². The van der Waals surface area contributed by atoms with Crippen LogP contribution in [0.4, 0.5) is 8.78 Å². The van der Waals surface area contributed by atoms with Crippen molar-refractivity contribution in [1.82, 2.24) is 0 Å². The number of hydrogen-bond acceptors (Lipinski definition) is 1. The third-order valence-electron chi connectivity index (χ3n) is 3.13. The van der Waals surface area contributed by atoms with Crippen LogP contribution in [0, 0.1) is 58.5 Å². The Labute approximate surface area is 146 Å². The summed E-state index contributed by atoms with van der Waals surface area (Å²) in [7, 11) is 0. The number of benzene rings is 2. The minimum Gasteiger partial charge on any atom is -0.205 e. The van der Waals surface area contributed by atoms with E-state index in [4.69, 9.17) is 5.26 Å². The molecule has 120 valence electrons. The molecule has 0 amide bonds. The van der Waals surface area contributed by atoms with Crippen molar-refractivity contribution >= 4 is 0 Å². The Hall–Kier alpha value is -3.53. The van der Waals surface area contributed by atoms with Gasteiger partial charge in [-0.2, -0.15) is 5.26 Å². The minimum atomic E-state index is -0.809. The molecular formula is C22H13F2N. The second-order valence-corrected chi connectivity index (χ2v) is 5.06. The molecule has 0 spiro atoms. The molecule has 0 aromatic heterocycles. The number of nitriles is 1. The SMILES string of the molecule is CCCC#Cc1ccc(C#Cc2c(F)cc(C#CC#N)cc2F)cc1. The maximum Gasteiger partial charge on any atom is 0.152 e. The quantitative estimate of drug-likeness (QED) is 0.712. The fraction of sp³-hybridized carbons (Fsp3) is 0.136. The van der Waals surface area contributed by atoms with Gasteiger partial charge in [0.2, 0.25) is 0 Å². The number of rotatable bonds is 1. The molecule has 3 heteroatoms. The first-order valence-corrected chi connectivity index (χ1v) is 7.64. The summed E-state index contributed by atoms with van der Waals surface area (Å²) in [6.45, 7) is 2.06. The van der Waals surface area contributed by atoms with Gasteiger partial charge >= 0.3 is 0 Å². The average molecular weight is 329 g/mol. The predicted octanol–water partition coefficient (Wildman–Crippen LogP) is 4.39. The van der Waals surface area contributed by atoms with Gasteiger partial charge in [0.05, 0.1) is 5.56 Å². The highest BCUT2D eigenvalue weighted by molar-refractivity contribution is 5.49. The fourth-order valence-electron chi connectivity index (χ4n) is 1.93. The first kappa shape index (κ1) is 17.8. The molecule has 0 radical (unpaired) electrons. The number of hydrogen-bond donors (Lipinski definition) is 0. The number of nitrogens with zero attached hydrogens (tertiary/aromatic N) is 1. The van der Waals surface area contributed by atoms with E-state index in [0.717, 1.165) is 30.5 Å². The molecule has 0 N–H and O–H groups in total. The van der Waals surface area contributed by atoms with E-state index in [-0.39, 0.29) is 11.1 Å². The van der Waals surface area contributed by atoms with E-state index < -0.39 is 11.6 Å². The van der Waals surface area contributed by atoms with Crippen LogP contribution in [0.3, 0.4) is 0 Å². The Balaban J connectivity index is 2.24. The molecule has 2 aromatic carbocycles. The highest BCUT2D eigenvalue weighted by Crippen LogP contribution is 2.14. The maximum absolute atomic E-state index is 14.0. The van der Waals surface area contributed by atoms with Crippen LogP contribution in [0.15, 0.2) is 36.4 Å². The molecule has 0 fully saturated rings. The third kappa shape index (κ3) is 5.25. The minimum absolute atomic E-state index is 0.0945. The molecule has 0 saturated heterocycles. The summed E-state index contributed by atoms with van der Waals surface area (Å²) in [5.41, 5.74) is 1.27. The molecule has 0 bridgehead atoms. The van der Waals surface area contributed by atoms with Gasteiger partial charge in [-0.3, -0.25) is 0 Å². The highest BCUT2D eigenvalue weighted by atomic mass is 19.1. The van der Waals surface area contributed by atoms with Crippen LogP contribution in [-0.4, -0.2) is 0 Å². The zero-order chi connectivity index (χ0) is 18.1. The normalized spacial score (nSPS) is 8.72. The highest BCUT2D eigenvalue weighted by Gasteiger charge is 2.08. The lowest BCUT2D eigenvalue weighted by Gasteiger charge is -1.98. The summed E-state index contributed by atoms with van der Waals surface area (Å²) in [5, 5.41) is 8.37. The van der Waals surface area contributed by atoms with Gasteiger partial charge in [0.1, 0.15) is 11.6 Å². The van der Waals surface area contributed by atoms with E-state index in [0.29, 0.717) is 5.56 Å². The van der Waals surface area contributed by atoms with Crippen molar-refractivity contribution in [3.63, 3.8) is 0 Å². The molecular weight excluding hydrogens is 316 g/mol. The van der Waals surface area contributed by atoms with Crippen LogP contribution in [0.5, 0.6) is 0 Å². The molecule has 0 unspecified atom stereocenters. The van der Waals surface area contributed by atoms with Crippen molar-refractivity contribution in [3.05, 3.63) is 70.3 Å². The summed E-state index contributed by atoms with van der Waals surface area (Å²) in [5.74, 6) is 14.1. The maximum atomic E-state index is 14.0. The third-order valence-corrected chi connectivity index (χ3v) is 3.13. The first-order valence-electron chi connectivity index (χ1n) is 7.64. The lowest BCUT2D eigenvalue weighted by atomic mass is 10.1. The average Bonchev–Trinajstić information content (AvgIpc) is 2.60. The molecule has 0 aliphatic heterocycles. The van der Waals surface area contributed by atoms with Gasteiger partial charge in [0.25, 0.3) is 0 Å². The summed E-state index contributed by atoms with van der Waals surface area (Å²) in [4.78, 5) is 0. The summed E-state index contributed by atoms with van der Waals surface area (Å²) >= 11 is 0. The van der Waals surface area contributed by atoms with Gasteiger partial charge in [-0.25, -0.2) is 8.78 Å². The summed E-state index contributed by atoms with van der Waals surface area (Å²) < 4.78 is 27.9. The molecule has 2 rings (SSSR count).